The van der Waals surface area contributed by atoms with Crippen molar-refractivity contribution in [2.75, 3.05) is 0 Å². The van der Waals surface area contributed by atoms with Crippen molar-refractivity contribution in [3.05, 3.63) is 0 Å². The number of carbonyl (C=O) groups is 2. The average molecular weight is 158 g/mol. The van der Waals surface area contributed by atoms with Crippen LogP contribution in [0.3, 0.4) is 0 Å². The molecule has 1 saturated heterocycles. The van der Waals surface area contributed by atoms with E-state index in [1.807, 2.05) is 0 Å². The zero-order valence-corrected chi connectivity index (χ0v) is 6.40. The van der Waals surface area contributed by atoms with Gasteiger partial charge in [0.05, 0.1) is 6.10 Å². The summed E-state index contributed by atoms with van der Waals surface area (Å²) in [5.41, 5.74) is 0. The summed E-state index contributed by atoms with van der Waals surface area (Å²) in [7, 11) is 0. The van der Waals surface area contributed by atoms with Crippen LogP contribution in [-0.2, 0) is 14.3 Å². The molecule has 0 saturated carbocycles. The fraction of sp³-hybridized carbons (Fsp3) is 0.714. The molecule has 1 rings (SSSR count). The summed E-state index contributed by atoms with van der Waals surface area (Å²) in [6.07, 6.45) is -1.05. The van der Waals surface area contributed by atoms with Gasteiger partial charge < -0.3 is 9.84 Å². The number of ether oxygens (including phenoxy) is 1. The summed E-state index contributed by atoms with van der Waals surface area (Å²) in [5.74, 6) is -2.39. The number of hydrogen-bond donors (Lipinski definition) is 1. The van der Waals surface area contributed by atoms with E-state index in [1.54, 1.807) is 13.8 Å². The first kappa shape index (κ1) is 8.20. The number of hydrogen-bond acceptors (Lipinski definition) is 3. The van der Waals surface area contributed by atoms with Crippen LogP contribution in [0.25, 0.3) is 0 Å². The largest absolute Gasteiger partial charge is 0.481 e. The van der Waals surface area contributed by atoms with Crippen LogP contribution in [0.15, 0.2) is 0 Å². The molecule has 1 N–H and O–H groups in total. The van der Waals surface area contributed by atoms with Crippen LogP contribution < -0.4 is 0 Å². The Morgan fingerprint density at radius 1 is 1.55 bits per heavy atom. The summed E-state index contributed by atoms with van der Waals surface area (Å²) in [6.45, 7) is 3.17. The molecule has 3 atom stereocenters. The molecule has 1 heterocycles. The van der Waals surface area contributed by atoms with Crippen LogP contribution in [0.4, 0.5) is 0 Å². The standard InChI is InChI=1S/C7H10O4/c1-3-5(7(9)10)6(8)4(2)11-3/h3-5H,1-2H3,(H,9,10). The normalized spacial score (nSPS) is 37.6. The van der Waals surface area contributed by atoms with E-state index < -0.39 is 24.1 Å². The van der Waals surface area contributed by atoms with Crippen LogP contribution in [-0.4, -0.2) is 29.1 Å². The van der Waals surface area contributed by atoms with E-state index in [2.05, 4.69) is 0 Å². The van der Waals surface area contributed by atoms with Crippen molar-refractivity contribution in [2.45, 2.75) is 26.1 Å². The molecule has 0 aromatic rings. The van der Waals surface area contributed by atoms with Crippen molar-refractivity contribution in [3.63, 3.8) is 0 Å². The smallest absolute Gasteiger partial charge is 0.316 e. The molecule has 1 fully saturated rings. The van der Waals surface area contributed by atoms with E-state index in [4.69, 9.17) is 9.84 Å². The SMILES string of the molecule is CC1OC(C)C(C(=O)O)C1=O. The molecule has 11 heavy (non-hydrogen) atoms. The summed E-state index contributed by atoms with van der Waals surface area (Å²) in [6, 6.07) is 0. The highest BCUT2D eigenvalue weighted by Gasteiger charge is 2.43. The molecule has 0 aromatic carbocycles. The third-order valence-electron chi connectivity index (χ3n) is 1.86. The number of aliphatic carboxylic acids is 1. The highest BCUT2D eigenvalue weighted by atomic mass is 16.5. The minimum Gasteiger partial charge on any atom is -0.481 e. The van der Waals surface area contributed by atoms with Gasteiger partial charge in [0.1, 0.15) is 12.0 Å². The first-order valence-corrected chi connectivity index (χ1v) is 3.46. The number of carboxylic acid groups (broad SMARTS) is 1. The molecule has 3 unspecified atom stereocenters. The monoisotopic (exact) mass is 158 g/mol. The molecule has 0 aromatic heterocycles. The first-order chi connectivity index (χ1) is 5.04. The van der Waals surface area contributed by atoms with Gasteiger partial charge in [-0.25, -0.2) is 0 Å². The Bertz CT molecular complexity index is 199. The second kappa shape index (κ2) is 2.62. The number of rotatable bonds is 1. The van der Waals surface area contributed by atoms with Gasteiger partial charge in [-0.05, 0) is 13.8 Å². The van der Waals surface area contributed by atoms with Gasteiger partial charge in [-0.15, -0.1) is 0 Å². The predicted octanol–water partition coefficient (Wildman–Crippen LogP) is 0.0635. The average Bonchev–Trinajstić information content (AvgIpc) is 2.07. The van der Waals surface area contributed by atoms with Gasteiger partial charge in [0.2, 0.25) is 0 Å². The zero-order valence-electron chi connectivity index (χ0n) is 6.40. The van der Waals surface area contributed by atoms with E-state index in [-0.39, 0.29) is 5.78 Å². The molecular weight excluding hydrogens is 148 g/mol. The summed E-state index contributed by atoms with van der Waals surface area (Å²) in [4.78, 5) is 21.5. The highest BCUT2D eigenvalue weighted by molar-refractivity contribution is 6.02. The Labute approximate surface area is 64.2 Å². The quantitative estimate of drug-likeness (QED) is 0.548. The molecule has 1 aliphatic heterocycles. The van der Waals surface area contributed by atoms with Gasteiger partial charge in [-0.3, -0.25) is 9.59 Å². The highest BCUT2D eigenvalue weighted by Crippen LogP contribution is 2.22. The molecular formula is C7H10O4. The van der Waals surface area contributed by atoms with Gasteiger partial charge in [0, 0.05) is 0 Å². The molecule has 1 aliphatic rings. The molecule has 0 bridgehead atoms. The molecule has 0 aliphatic carbocycles. The van der Waals surface area contributed by atoms with Crippen molar-refractivity contribution >= 4 is 11.8 Å². The molecule has 0 radical (unpaired) electrons. The second-order valence-electron chi connectivity index (χ2n) is 2.70. The van der Waals surface area contributed by atoms with Crippen molar-refractivity contribution in [2.24, 2.45) is 5.92 Å². The molecule has 4 heteroatoms. The fourth-order valence-electron chi connectivity index (χ4n) is 1.27. The number of Topliss-reactive ketones (excluding diaryl/α,β-unsaturated/α-hetero) is 1. The maximum Gasteiger partial charge on any atom is 0.316 e. The Balaban J connectivity index is 2.80. The van der Waals surface area contributed by atoms with Crippen molar-refractivity contribution in [1.82, 2.24) is 0 Å². The predicted molar refractivity (Wildman–Crippen MR) is 36.1 cm³/mol. The van der Waals surface area contributed by atoms with E-state index in [0.29, 0.717) is 0 Å². The fourth-order valence-corrected chi connectivity index (χ4v) is 1.27. The molecule has 62 valence electrons. The van der Waals surface area contributed by atoms with E-state index >= 15 is 0 Å². The lowest BCUT2D eigenvalue weighted by Gasteiger charge is -2.05. The minimum absolute atomic E-state index is 0.329. The zero-order chi connectivity index (χ0) is 8.59. The Kier molecular flexibility index (Phi) is 1.95. The van der Waals surface area contributed by atoms with Crippen LogP contribution in [0.2, 0.25) is 0 Å². The molecule has 4 nitrogen and oxygen atoms in total. The maximum absolute atomic E-state index is 11.1. The van der Waals surface area contributed by atoms with Gasteiger partial charge in [-0.1, -0.05) is 0 Å². The third-order valence-corrected chi connectivity index (χ3v) is 1.86. The van der Waals surface area contributed by atoms with E-state index in [9.17, 15) is 9.59 Å². The maximum atomic E-state index is 11.1. The van der Waals surface area contributed by atoms with Gasteiger partial charge in [0.25, 0.3) is 0 Å². The third kappa shape index (κ3) is 1.26. The number of carboxylic acids is 1. The summed E-state index contributed by atoms with van der Waals surface area (Å²) in [5, 5.41) is 8.57. The summed E-state index contributed by atoms with van der Waals surface area (Å²) < 4.78 is 5.02. The Morgan fingerprint density at radius 3 is 2.27 bits per heavy atom. The topological polar surface area (TPSA) is 63.6 Å². The first-order valence-electron chi connectivity index (χ1n) is 3.46. The van der Waals surface area contributed by atoms with Gasteiger partial charge in [0.15, 0.2) is 5.78 Å². The van der Waals surface area contributed by atoms with E-state index in [1.165, 1.54) is 0 Å². The van der Waals surface area contributed by atoms with Crippen molar-refractivity contribution in [1.29, 1.82) is 0 Å². The lowest BCUT2D eigenvalue weighted by Crippen LogP contribution is -2.27. The molecule has 0 amide bonds. The van der Waals surface area contributed by atoms with Crippen LogP contribution >= 0.6 is 0 Å². The minimum atomic E-state index is -1.09. The van der Waals surface area contributed by atoms with Crippen molar-refractivity contribution in [3.8, 4) is 0 Å². The lowest BCUT2D eigenvalue weighted by molar-refractivity contribution is -0.145. The van der Waals surface area contributed by atoms with Gasteiger partial charge in [-0.2, -0.15) is 0 Å². The summed E-state index contributed by atoms with van der Waals surface area (Å²) >= 11 is 0. The number of ketones is 1. The van der Waals surface area contributed by atoms with Crippen molar-refractivity contribution < 1.29 is 19.4 Å². The van der Waals surface area contributed by atoms with E-state index in [0.717, 1.165) is 0 Å². The molecule has 0 spiro atoms. The Morgan fingerprint density at radius 2 is 2.09 bits per heavy atom. The van der Waals surface area contributed by atoms with Crippen LogP contribution in [0.5, 0.6) is 0 Å². The lowest BCUT2D eigenvalue weighted by atomic mass is 10.00. The number of carbonyl (C=O) groups excluding carboxylic acids is 1. The van der Waals surface area contributed by atoms with Crippen LogP contribution in [0.1, 0.15) is 13.8 Å². The van der Waals surface area contributed by atoms with Crippen LogP contribution in [0, 0.1) is 5.92 Å². The second-order valence-corrected chi connectivity index (χ2v) is 2.70. The Hall–Kier alpha value is -0.900. The van der Waals surface area contributed by atoms with Gasteiger partial charge >= 0.3 is 5.97 Å².